The van der Waals surface area contributed by atoms with Gasteiger partial charge in [-0.05, 0) is 49.4 Å². The number of halogens is 3. The largest absolute Gasteiger partial charge is 0.417 e. The summed E-state index contributed by atoms with van der Waals surface area (Å²) < 4.78 is 40.9. The van der Waals surface area contributed by atoms with E-state index in [2.05, 4.69) is 60.2 Å². The van der Waals surface area contributed by atoms with E-state index in [0.29, 0.717) is 22.8 Å². The van der Waals surface area contributed by atoms with Gasteiger partial charge in [0.15, 0.2) is 0 Å². The average Bonchev–Trinajstić information content (AvgIpc) is 3.02. The van der Waals surface area contributed by atoms with Crippen molar-refractivity contribution in [3.05, 3.63) is 78.4 Å². The molecule has 0 bridgehead atoms. The van der Waals surface area contributed by atoms with E-state index in [0.717, 1.165) is 29.8 Å². The molecule has 4 aromatic carbocycles. The Hall–Kier alpha value is -3.41. The summed E-state index contributed by atoms with van der Waals surface area (Å²) in [6.07, 6.45) is 10.7. The van der Waals surface area contributed by atoms with Crippen LogP contribution in [0.15, 0.2) is 83.0 Å². The normalized spacial score (nSPS) is 12.9. The predicted molar refractivity (Wildman–Crippen MR) is 181 cm³/mol. The monoisotopic (exact) mass is 603 g/mol. The molecule has 6 heteroatoms. The molecule has 1 atom stereocenters. The summed E-state index contributed by atoms with van der Waals surface area (Å²) >= 11 is 0. The van der Waals surface area contributed by atoms with Crippen molar-refractivity contribution in [3.63, 3.8) is 0 Å². The Labute approximate surface area is 261 Å². The highest BCUT2D eigenvalue weighted by atomic mass is 19.4. The van der Waals surface area contributed by atoms with Crippen LogP contribution in [-0.4, -0.2) is 12.6 Å². The summed E-state index contributed by atoms with van der Waals surface area (Å²) in [5, 5.41) is 11.8. The molecule has 0 aliphatic rings. The van der Waals surface area contributed by atoms with E-state index >= 15 is 0 Å². The second-order valence-electron chi connectivity index (χ2n) is 12.0. The quantitative estimate of drug-likeness (QED) is 0.0871. The van der Waals surface area contributed by atoms with E-state index in [4.69, 9.17) is 0 Å². The van der Waals surface area contributed by atoms with Crippen LogP contribution < -0.4 is 4.90 Å². The van der Waals surface area contributed by atoms with Crippen molar-refractivity contribution in [1.82, 2.24) is 0 Å². The van der Waals surface area contributed by atoms with Gasteiger partial charge < -0.3 is 4.90 Å². The molecule has 44 heavy (non-hydrogen) atoms. The maximum Gasteiger partial charge on any atom is 0.417 e. The SMILES string of the molecule is CCCCCCCCN(c1ccc(N=Nc2ccc(C(F)(F)F)c3ccccc23)c2ccccc12)C(C)CCCCCCC. The summed E-state index contributed by atoms with van der Waals surface area (Å²) in [6.45, 7) is 7.88. The lowest BCUT2D eigenvalue weighted by molar-refractivity contribution is -0.136. The van der Waals surface area contributed by atoms with Crippen LogP contribution in [0, 0.1) is 0 Å². The zero-order valence-corrected chi connectivity index (χ0v) is 26.7. The maximum absolute atomic E-state index is 13.6. The Bertz CT molecular complexity index is 1490. The van der Waals surface area contributed by atoms with Crippen LogP contribution in [0.5, 0.6) is 0 Å². The second-order valence-corrected chi connectivity index (χ2v) is 12.0. The Morgan fingerprint density at radius 3 is 1.70 bits per heavy atom. The molecular weight excluding hydrogens is 555 g/mol. The molecule has 0 saturated heterocycles. The van der Waals surface area contributed by atoms with Gasteiger partial charge in [0.2, 0.25) is 0 Å². The minimum Gasteiger partial charge on any atom is -0.368 e. The topological polar surface area (TPSA) is 28.0 Å². The van der Waals surface area contributed by atoms with Gasteiger partial charge in [-0.2, -0.15) is 13.2 Å². The van der Waals surface area contributed by atoms with Crippen molar-refractivity contribution >= 4 is 38.6 Å². The average molecular weight is 604 g/mol. The first-order chi connectivity index (χ1) is 21.3. The minimum atomic E-state index is -4.44. The lowest BCUT2D eigenvalue weighted by Crippen LogP contribution is -2.34. The Morgan fingerprint density at radius 1 is 0.591 bits per heavy atom. The van der Waals surface area contributed by atoms with Crippen LogP contribution in [0.25, 0.3) is 21.5 Å². The summed E-state index contributed by atoms with van der Waals surface area (Å²) in [7, 11) is 0. The molecule has 0 aliphatic carbocycles. The predicted octanol–water partition coefficient (Wildman–Crippen LogP) is 13.3. The highest BCUT2D eigenvalue weighted by molar-refractivity contribution is 6.01. The number of alkyl halides is 3. The standard InChI is InChI=1S/C38H48F3N3/c1-4-6-8-10-12-18-28-44(29(3)19-13-11-9-7-5-2)37-27-26-36(32-22-16-17-23-33(32)37)43-42-35-25-24-34(38(39,40)41)30-20-14-15-21-31(30)35/h14-17,20-27,29H,4-13,18-19,28H2,1-3H3. The molecule has 0 spiro atoms. The van der Waals surface area contributed by atoms with Crippen LogP contribution >= 0.6 is 0 Å². The molecule has 4 aromatic rings. The molecule has 1 unspecified atom stereocenters. The third-order valence-corrected chi connectivity index (χ3v) is 8.67. The first-order valence-electron chi connectivity index (χ1n) is 16.6. The molecule has 3 nitrogen and oxygen atoms in total. The molecular formula is C38H48F3N3. The number of unbranched alkanes of at least 4 members (excludes halogenated alkanes) is 9. The molecule has 0 saturated carbocycles. The molecule has 0 aliphatic heterocycles. The smallest absolute Gasteiger partial charge is 0.368 e. The fraction of sp³-hybridized carbons (Fsp3) is 0.474. The Kier molecular flexibility index (Phi) is 12.6. The van der Waals surface area contributed by atoms with Crippen molar-refractivity contribution in [2.75, 3.05) is 11.4 Å². The number of hydrogen-bond donors (Lipinski definition) is 0. The summed E-state index contributed by atoms with van der Waals surface area (Å²) in [5.41, 5.74) is 1.68. The molecule has 0 heterocycles. The first-order valence-corrected chi connectivity index (χ1v) is 16.6. The van der Waals surface area contributed by atoms with Gasteiger partial charge in [0.1, 0.15) is 0 Å². The molecule has 0 radical (unpaired) electrons. The van der Waals surface area contributed by atoms with Crippen LogP contribution in [-0.2, 0) is 6.18 Å². The minimum absolute atomic E-state index is 0.130. The fourth-order valence-electron chi connectivity index (χ4n) is 6.17. The van der Waals surface area contributed by atoms with Crippen LogP contribution in [0.4, 0.5) is 30.2 Å². The number of azo groups is 1. The van der Waals surface area contributed by atoms with Crippen molar-refractivity contribution < 1.29 is 13.2 Å². The molecule has 0 aromatic heterocycles. The number of fused-ring (bicyclic) bond motifs is 2. The number of rotatable bonds is 17. The van der Waals surface area contributed by atoms with Crippen molar-refractivity contribution in [2.24, 2.45) is 10.2 Å². The molecule has 0 amide bonds. The maximum atomic E-state index is 13.6. The molecule has 0 N–H and O–H groups in total. The molecule has 236 valence electrons. The summed E-state index contributed by atoms with van der Waals surface area (Å²) in [4.78, 5) is 2.59. The van der Waals surface area contributed by atoms with E-state index in [9.17, 15) is 13.2 Å². The Balaban J connectivity index is 1.63. The lowest BCUT2D eigenvalue weighted by Gasteiger charge is -2.33. The first kappa shape index (κ1) is 33.5. The van der Waals surface area contributed by atoms with Gasteiger partial charge in [-0.1, -0.05) is 127 Å². The van der Waals surface area contributed by atoms with E-state index in [1.54, 1.807) is 18.2 Å². The molecule has 4 rings (SSSR count). The van der Waals surface area contributed by atoms with E-state index < -0.39 is 11.7 Å². The Morgan fingerprint density at radius 2 is 1.09 bits per heavy atom. The molecule has 0 fully saturated rings. The van der Waals surface area contributed by atoms with Crippen molar-refractivity contribution in [2.45, 2.75) is 110 Å². The van der Waals surface area contributed by atoms with Crippen molar-refractivity contribution in [3.8, 4) is 0 Å². The van der Waals surface area contributed by atoms with Gasteiger partial charge in [-0.25, -0.2) is 0 Å². The zero-order valence-electron chi connectivity index (χ0n) is 26.7. The second kappa shape index (κ2) is 16.6. The third-order valence-electron chi connectivity index (χ3n) is 8.67. The van der Waals surface area contributed by atoms with Crippen LogP contribution in [0.3, 0.4) is 0 Å². The van der Waals surface area contributed by atoms with Gasteiger partial charge >= 0.3 is 6.18 Å². The number of hydrogen-bond acceptors (Lipinski definition) is 3. The van der Waals surface area contributed by atoms with Gasteiger partial charge in [-0.3, -0.25) is 0 Å². The zero-order chi connectivity index (χ0) is 31.4. The van der Waals surface area contributed by atoms with Gasteiger partial charge in [0.05, 0.1) is 16.9 Å². The van der Waals surface area contributed by atoms with Crippen LogP contribution in [0.1, 0.15) is 103 Å². The highest BCUT2D eigenvalue weighted by Gasteiger charge is 2.32. The van der Waals surface area contributed by atoms with Gasteiger partial charge in [0.25, 0.3) is 0 Å². The van der Waals surface area contributed by atoms with E-state index in [-0.39, 0.29) is 5.39 Å². The van der Waals surface area contributed by atoms with Crippen molar-refractivity contribution in [1.29, 1.82) is 0 Å². The van der Waals surface area contributed by atoms with Gasteiger partial charge in [0, 0.05) is 34.4 Å². The highest BCUT2D eigenvalue weighted by Crippen LogP contribution is 2.40. The van der Waals surface area contributed by atoms with E-state index in [1.165, 1.54) is 88.4 Å². The number of benzene rings is 4. The summed E-state index contributed by atoms with van der Waals surface area (Å²) in [6, 6.07) is 21.9. The fourth-order valence-corrected chi connectivity index (χ4v) is 6.17. The van der Waals surface area contributed by atoms with E-state index in [1.807, 2.05) is 12.1 Å². The number of nitrogens with zero attached hydrogens (tertiary/aromatic N) is 3. The lowest BCUT2D eigenvalue weighted by atomic mass is 10.0. The van der Waals surface area contributed by atoms with Gasteiger partial charge in [-0.15, -0.1) is 10.2 Å². The van der Waals surface area contributed by atoms with Crippen LogP contribution in [0.2, 0.25) is 0 Å². The third kappa shape index (κ3) is 8.83. The summed E-state index contributed by atoms with van der Waals surface area (Å²) in [5.74, 6) is 0. The number of anilines is 1.